The molecule has 1 atom stereocenters. The number of nitrogens with one attached hydrogen (secondary N) is 2. The van der Waals surface area contributed by atoms with Crippen molar-refractivity contribution in [1.29, 1.82) is 0 Å². The molecule has 5 nitrogen and oxygen atoms in total. The third kappa shape index (κ3) is 6.47. The van der Waals surface area contributed by atoms with Crippen LogP contribution in [0.4, 0.5) is 5.00 Å². The smallest absolute Gasteiger partial charge is 0.191 e. The Morgan fingerprint density at radius 3 is 2.52 bits per heavy atom. The first-order valence-corrected chi connectivity index (χ1v) is 12.6. The summed E-state index contributed by atoms with van der Waals surface area (Å²) in [5.41, 5.74) is 2.71. The zero-order chi connectivity index (χ0) is 21.5. The van der Waals surface area contributed by atoms with Gasteiger partial charge in [-0.15, -0.1) is 11.3 Å². The molecule has 31 heavy (non-hydrogen) atoms. The summed E-state index contributed by atoms with van der Waals surface area (Å²) in [6, 6.07) is 13.9. The van der Waals surface area contributed by atoms with Gasteiger partial charge in [-0.1, -0.05) is 31.2 Å². The monoisotopic (exact) mass is 439 g/mol. The second-order valence-corrected chi connectivity index (χ2v) is 10.0. The molecule has 3 heterocycles. The summed E-state index contributed by atoms with van der Waals surface area (Å²) in [5, 5.41) is 10.7. The third-order valence-electron chi connectivity index (χ3n) is 6.51. The van der Waals surface area contributed by atoms with Crippen LogP contribution in [0, 0.1) is 5.92 Å². The molecule has 2 aliphatic heterocycles. The Kier molecular flexibility index (Phi) is 7.86. The van der Waals surface area contributed by atoms with Gasteiger partial charge in [-0.05, 0) is 66.8 Å². The molecule has 2 aromatic rings. The molecule has 1 aromatic carbocycles. The second kappa shape index (κ2) is 11.0. The number of piperidine rings is 2. The SMILES string of the molecule is CN=C(NCc1ccc(CN2CCCC(C)C2)cc1)NC1CCN(c2cccs2)CC1. The zero-order valence-electron chi connectivity index (χ0n) is 19.0. The van der Waals surface area contributed by atoms with Crippen LogP contribution in [-0.4, -0.2) is 50.1 Å². The molecule has 0 amide bonds. The van der Waals surface area contributed by atoms with E-state index in [0.29, 0.717) is 6.04 Å². The molecule has 2 N–H and O–H groups in total. The van der Waals surface area contributed by atoms with Crippen molar-refractivity contribution in [3.63, 3.8) is 0 Å². The van der Waals surface area contributed by atoms with Crippen LogP contribution in [0.3, 0.4) is 0 Å². The highest BCUT2D eigenvalue weighted by molar-refractivity contribution is 7.14. The number of nitrogens with zero attached hydrogens (tertiary/aromatic N) is 3. The molecule has 4 rings (SSSR count). The number of guanidine groups is 1. The van der Waals surface area contributed by atoms with E-state index in [1.54, 1.807) is 0 Å². The molecule has 0 bridgehead atoms. The van der Waals surface area contributed by atoms with Gasteiger partial charge < -0.3 is 15.5 Å². The van der Waals surface area contributed by atoms with E-state index in [4.69, 9.17) is 0 Å². The predicted octanol–water partition coefficient (Wildman–Crippen LogP) is 4.31. The van der Waals surface area contributed by atoms with Gasteiger partial charge in [0.1, 0.15) is 0 Å². The van der Waals surface area contributed by atoms with Crippen LogP contribution in [-0.2, 0) is 13.1 Å². The van der Waals surface area contributed by atoms with E-state index < -0.39 is 0 Å². The summed E-state index contributed by atoms with van der Waals surface area (Å²) < 4.78 is 0. The number of benzene rings is 1. The average Bonchev–Trinajstić information content (AvgIpc) is 3.33. The van der Waals surface area contributed by atoms with Crippen LogP contribution in [0.1, 0.15) is 43.7 Å². The Labute approximate surface area is 191 Å². The highest BCUT2D eigenvalue weighted by Crippen LogP contribution is 2.24. The number of aliphatic imine (C=N–C) groups is 1. The number of hydrogen-bond donors (Lipinski definition) is 2. The van der Waals surface area contributed by atoms with Crippen molar-refractivity contribution in [1.82, 2.24) is 15.5 Å². The van der Waals surface area contributed by atoms with E-state index in [0.717, 1.165) is 50.9 Å². The molecule has 2 aliphatic rings. The van der Waals surface area contributed by atoms with Gasteiger partial charge >= 0.3 is 0 Å². The highest BCUT2D eigenvalue weighted by atomic mass is 32.1. The summed E-state index contributed by atoms with van der Waals surface area (Å²) in [6.45, 7) is 8.92. The van der Waals surface area contributed by atoms with E-state index in [1.807, 2.05) is 18.4 Å². The van der Waals surface area contributed by atoms with Crippen LogP contribution in [0.25, 0.3) is 0 Å². The number of hydrogen-bond acceptors (Lipinski definition) is 4. The lowest BCUT2D eigenvalue weighted by atomic mass is 9.99. The fourth-order valence-corrected chi connectivity index (χ4v) is 5.50. The van der Waals surface area contributed by atoms with Crippen molar-refractivity contribution in [3.05, 3.63) is 52.9 Å². The van der Waals surface area contributed by atoms with Gasteiger partial charge in [0.05, 0.1) is 5.00 Å². The largest absolute Gasteiger partial charge is 0.363 e. The quantitative estimate of drug-likeness (QED) is 0.520. The van der Waals surface area contributed by atoms with Gasteiger partial charge in [-0.3, -0.25) is 9.89 Å². The van der Waals surface area contributed by atoms with E-state index in [-0.39, 0.29) is 0 Å². The fourth-order valence-electron chi connectivity index (χ4n) is 4.72. The van der Waals surface area contributed by atoms with Gasteiger partial charge in [0, 0.05) is 45.8 Å². The van der Waals surface area contributed by atoms with Crippen molar-refractivity contribution in [2.24, 2.45) is 10.9 Å². The molecule has 6 heteroatoms. The number of rotatable bonds is 6. The van der Waals surface area contributed by atoms with E-state index >= 15 is 0 Å². The van der Waals surface area contributed by atoms with Gasteiger partial charge in [0.25, 0.3) is 0 Å². The first kappa shape index (κ1) is 22.2. The molecule has 1 unspecified atom stereocenters. The zero-order valence-corrected chi connectivity index (χ0v) is 19.8. The van der Waals surface area contributed by atoms with Crippen molar-refractivity contribution < 1.29 is 0 Å². The van der Waals surface area contributed by atoms with Crippen LogP contribution in [0.15, 0.2) is 46.8 Å². The van der Waals surface area contributed by atoms with Crippen LogP contribution >= 0.6 is 11.3 Å². The molecule has 2 saturated heterocycles. The summed E-state index contributed by atoms with van der Waals surface area (Å²) >= 11 is 1.83. The maximum Gasteiger partial charge on any atom is 0.191 e. The highest BCUT2D eigenvalue weighted by Gasteiger charge is 2.20. The van der Waals surface area contributed by atoms with Crippen molar-refractivity contribution in [3.8, 4) is 0 Å². The first-order valence-electron chi connectivity index (χ1n) is 11.8. The van der Waals surface area contributed by atoms with E-state index in [1.165, 1.54) is 42.1 Å². The second-order valence-electron chi connectivity index (χ2n) is 9.08. The molecule has 2 fully saturated rings. The van der Waals surface area contributed by atoms with Crippen molar-refractivity contribution in [2.75, 3.05) is 38.1 Å². The van der Waals surface area contributed by atoms with Crippen molar-refractivity contribution >= 4 is 22.3 Å². The summed E-state index contributed by atoms with van der Waals surface area (Å²) in [5.74, 6) is 1.74. The normalized spacial score (nSPS) is 21.3. The Hall–Kier alpha value is -2.05. The minimum atomic E-state index is 0.483. The lowest BCUT2D eigenvalue weighted by Crippen LogP contribution is -2.48. The minimum Gasteiger partial charge on any atom is -0.363 e. The number of thiophene rings is 1. The molecule has 0 radical (unpaired) electrons. The topological polar surface area (TPSA) is 42.9 Å². The Balaban J connectivity index is 1.20. The van der Waals surface area contributed by atoms with Crippen LogP contribution in [0.2, 0.25) is 0 Å². The molecule has 0 saturated carbocycles. The van der Waals surface area contributed by atoms with Gasteiger partial charge in [-0.25, -0.2) is 0 Å². The Morgan fingerprint density at radius 2 is 1.84 bits per heavy atom. The molecule has 168 valence electrons. The lowest BCUT2D eigenvalue weighted by Gasteiger charge is -2.33. The van der Waals surface area contributed by atoms with E-state index in [9.17, 15) is 0 Å². The first-order chi connectivity index (χ1) is 15.2. The molecule has 0 spiro atoms. The fraction of sp³-hybridized carbons (Fsp3) is 0.560. The maximum absolute atomic E-state index is 4.44. The Bertz CT molecular complexity index is 809. The maximum atomic E-state index is 4.44. The average molecular weight is 440 g/mol. The molecule has 1 aromatic heterocycles. The summed E-state index contributed by atoms with van der Waals surface area (Å²) in [6.07, 6.45) is 5.00. The Morgan fingerprint density at radius 1 is 1.06 bits per heavy atom. The number of anilines is 1. The third-order valence-corrected chi connectivity index (χ3v) is 7.44. The summed E-state index contributed by atoms with van der Waals surface area (Å²) in [4.78, 5) is 9.53. The van der Waals surface area contributed by atoms with Gasteiger partial charge in [-0.2, -0.15) is 0 Å². The van der Waals surface area contributed by atoms with Gasteiger partial charge in [0.15, 0.2) is 5.96 Å². The molecular weight excluding hydrogens is 402 g/mol. The van der Waals surface area contributed by atoms with Gasteiger partial charge in [0.2, 0.25) is 0 Å². The lowest BCUT2D eigenvalue weighted by molar-refractivity contribution is 0.176. The molecular formula is C25H37N5S. The van der Waals surface area contributed by atoms with Crippen LogP contribution < -0.4 is 15.5 Å². The predicted molar refractivity (Wildman–Crippen MR) is 133 cm³/mol. The number of likely N-dealkylation sites (tertiary alicyclic amines) is 1. The summed E-state index contributed by atoms with van der Waals surface area (Å²) in [7, 11) is 1.86. The van der Waals surface area contributed by atoms with Crippen molar-refractivity contribution in [2.45, 2.75) is 51.7 Å². The minimum absolute atomic E-state index is 0.483. The molecule has 0 aliphatic carbocycles. The van der Waals surface area contributed by atoms with E-state index in [2.05, 4.69) is 74.1 Å². The standard InChI is InChI=1S/C25H37N5S/c1-20-5-3-13-29(18-20)19-22-9-7-21(8-10-22)17-27-25(26-2)28-23-11-14-30(15-12-23)24-6-4-16-31-24/h4,6-10,16,20,23H,3,5,11-15,17-19H2,1-2H3,(H2,26,27,28). The van der Waals surface area contributed by atoms with Crippen LogP contribution in [0.5, 0.6) is 0 Å².